The van der Waals surface area contributed by atoms with Crippen molar-refractivity contribution in [3.63, 3.8) is 0 Å². The minimum Gasteiger partial charge on any atom is -0.359 e. The Bertz CT molecular complexity index is 709. The van der Waals surface area contributed by atoms with E-state index < -0.39 is 0 Å². The number of hydrazone groups is 1. The fraction of sp³-hybridized carbons (Fsp3) is 0.739. The van der Waals surface area contributed by atoms with Crippen LogP contribution >= 0.6 is 24.4 Å². The standard InChI is InChI=1S/C23H40N6OS2/c1-16(26-28-22(31)24-19-10-6-4-7-11-19)14-15-21(18(3)30)17(2)27-29-23(32)25-20-12-8-5-9-13-20/h19-20,27H,4-15H2,1-3H3,(H2,24,28,31)(H2,25,29,32)/b21-17?,26-16+. The number of hydrogen-bond acceptors (Lipinski definition) is 5. The summed E-state index contributed by atoms with van der Waals surface area (Å²) in [5.74, 6) is 0.0400. The van der Waals surface area contributed by atoms with Crippen LogP contribution in [0.5, 0.6) is 0 Å². The van der Waals surface area contributed by atoms with E-state index in [1.165, 1.54) is 38.5 Å². The van der Waals surface area contributed by atoms with Gasteiger partial charge in [-0.1, -0.05) is 38.5 Å². The first kappa shape index (κ1) is 26.5. The fourth-order valence-corrected chi connectivity index (χ4v) is 4.72. The summed E-state index contributed by atoms with van der Waals surface area (Å²) in [6.07, 6.45) is 13.5. The Hall–Kier alpha value is -1.74. The van der Waals surface area contributed by atoms with Gasteiger partial charge in [0.05, 0.1) is 0 Å². The van der Waals surface area contributed by atoms with E-state index in [1.54, 1.807) is 6.92 Å². The van der Waals surface area contributed by atoms with Crippen molar-refractivity contribution in [3.05, 3.63) is 11.3 Å². The van der Waals surface area contributed by atoms with Crippen LogP contribution < -0.4 is 26.9 Å². The quantitative estimate of drug-likeness (QED) is 0.146. The van der Waals surface area contributed by atoms with Crippen LogP contribution in [0, 0.1) is 0 Å². The third-order valence-corrected chi connectivity index (χ3v) is 6.64. The molecule has 7 nitrogen and oxygen atoms in total. The Morgan fingerprint density at radius 1 is 0.781 bits per heavy atom. The summed E-state index contributed by atoms with van der Waals surface area (Å²) >= 11 is 10.8. The van der Waals surface area contributed by atoms with Crippen molar-refractivity contribution >= 4 is 46.2 Å². The normalized spacial score (nSPS) is 18.9. The molecule has 0 heterocycles. The van der Waals surface area contributed by atoms with E-state index in [-0.39, 0.29) is 5.78 Å². The zero-order chi connectivity index (χ0) is 23.3. The maximum Gasteiger partial charge on any atom is 0.187 e. The lowest BCUT2D eigenvalue weighted by Gasteiger charge is -2.25. The van der Waals surface area contributed by atoms with E-state index in [0.29, 0.717) is 35.2 Å². The van der Waals surface area contributed by atoms with Gasteiger partial charge in [0.1, 0.15) is 0 Å². The molecule has 0 aromatic rings. The summed E-state index contributed by atoms with van der Waals surface area (Å²) in [5.41, 5.74) is 11.5. The number of rotatable bonds is 9. The Labute approximate surface area is 204 Å². The van der Waals surface area contributed by atoms with Gasteiger partial charge in [-0.05, 0) is 83.7 Å². The first-order chi connectivity index (χ1) is 15.3. The third kappa shape index (κ3) is 10.3. The molecule has 0 radical (unpaired) electrons. The average molecular weight is 481 g/mol. The number of nitrogens with zero attached hydrogens (tertiary/aromatic N) is 1. The van der Waals surface area contributed by atoms with Crippen LogP contribution in [0.15, 0.2) is 16.4 Å². The molecular formula is C23H40N6OS2. The fourth-order valence-electron chi connectivity index (χ4n) is 4.29. The number of thiocarbonyl (C=S) groups is 2. The molecule has 0 unspecified atom stereocenters. The Morgan fingerprint density at radius 3 is 1.84 bits per heavy atom. The van der Waals surface area contributed by atoms with Gasteiger partial charge in [-0.3, -0.25) is 15.6 Å². The van der Waals surface area contributed by atoms with Crippen molar-refractivity contribution in [1.82, 2.24) is 26.9 Å². The van der Waals surface area contributed by atoms with Crippen molar-refractivity contribution in [2.45, 2.75) is 110 Å². The zero-order valence-corrected chi connectivity index (χ0v) is 21.4. The maximum atomic E-state index is 12.2. The van der Waals surface area contributed by atoms with E-state index in [9.17, 15) is 4.79 Å². The number of carbonyl (C=O) groups is 1. The van der Waals surface area contributed by atoms with E-state index >= 15 is 0 Å². The van der Waals surface area contributed by atoms with E-state index in [2.05, 4.69) is 32.0 Å². The molecule has 0 spiro atoms. The lowest BCUT2D eigenvalue weighted by Crippen LogP contribution is -2.47. The van der Waals surface area contributed by atoms with Crippen LogP contribution in [0.2, 0.25) is 0 Å². The second-order valence-electron chi connectivity index (χ2n) is 8.99. The Morgan fingerprint density at radius 2 is 1.31 bits per heavy atom. The van der Waals surface area contributed by atoms with Gasteiger partial charge in [-0.2, -0.15) is 5.10 Å². The SMILES string of the molecule is CC(=O)C(CC/C(C)=N/NC(=S)NC1CCCCC1)=C(C)NNC(=S)NC1CCCCC1. The molecule has 2 saturated carbocycles. The number of hydrazine groups is 1. The maximum absolute atomic E-state index is 12.2. The molecule has 180 valence electrons. The van der Waals surface area contributed by atoms with Crippen LogP contribution in [0.3, 0.4) is 0 Å². The smallest absolute Gasteiger partial charge is 0.187 e. The summed E-state index contributed by atoms with van der Waals surface area (Å²) in [6, 6.07) is 0.888. The van der Waals surface area contributed by atoms with Crippen LogP contribution in [-0.4, -0.2) is 33.8 Å². The monoisotopic (exact) mass is 480 g/mol. The highest BCUT2D eigenvalue weighted by Crippen LogP contribution is 2.18. The van der Waals surface area contributed by atoms with Gasteiger partial charge >= 0.3 is 0 Å². The summed E-state index contributed by atoms with van der Waals surface area (Å²) in [4.78, 5) is 12.2. The predicted molar refractivity (Wildman–Crippen MR) is 140 cm³/mol. The molecule has 0 bridgehead atoms. The molecule has 5 N–H and O–H groups in total. The van der Waals surface area contributed by atoms with Crippen molar-refractivity contribution in [3.8, 4) is 0 Å². The Balaban J connectivity index is 1.76. The van der Waals surface area contributed by atoms with Crippen LogP contribution in [0.1, 0.15) is 97.8 Å². The highest BCUT2D eigenvalue weighted by atomic mass is 32.1. The molecule has 32 heavy (non-hydrogen) atoms. The predicted octanol–water partition coefficient (Wildman–Crippen LogP) is 4.10. The van der Waals surface area contributed by atoms with Crippen LogP contribution in [-0.2, 0) is 4.79 Å². The number of allylic oxidation sites excluding steroid dienone is 2. The minimum absolute atomic E-state index is 0.0400. The molecule has 0 saturated heterocycles. The van der Waals surface area contributed by atoms with Crippen LogP contribution in [0.25, 0.3) is 0 Å². The van der Waals surface area contributed by atoms with E-state index in [1.807, 2.05) is 13.8 Å². The average Bonchev–Trinajstić information content (AvgIpc) is 2.77. The number of hydrogen-bond donors (Lipinski definition) is 5. The Kier molecular flexibility index (Phi) is 11.9. The number of Topliss-reactive ketones (excluding diaryl/α,β-unsaturated/α-hetero) is 1. The molecule has 0 aromatic carbocycles. The summed E-state index contributed by atoms with van der Waals surface area (Å²) < 4.78 is 0. The molecule has 0 aliphatic heterocycles. The van der Waals surface area contributed by atoms with Crippen molar-refractivity contribution in [1.29, 1.82) is 0 Å². The summed E-state index contributed by atoms with van der Waals surface area (Å²) in [5, 5.41) is 12.2. The lowest BCUT2D eigenvalue weighted by atomic mass is 9.96. The van der Waals surface area contributed by atoms with Crippen molar-refractivity contribution < 1.29 is 4.79 Å². The molecular weight excluding hydrogens is 440 g/mol. The minimum atomic E-state index is 0.0400. The molecule has 2 aliphatic rings. The second kappa shape index (κ2) is 14.4. The lowest BCUT2D eigenvalue weighted by molar-refractivity contribution is -0.113. The largest absolute Gasteiger partial charge is 0.359 e. The highest BCUT2D eigenvalue weighted by Gasteiger charge is 2.15. The molecule has 0 amide bonds. The molecule has 0 atom stereocenters. The van der Waals surface area contributed by atoms with Gasteiger partial charge in [-0.15, -0.1) is 0 Å². The molecule has 0 aromatic heterocycles. The van der Waals surface area contributed by atoms with Gasteiger partial charge in [0.2, 0.25) is 0 Å². The summed E-state index contributed by atoms with van der Waals surface area (Å²) in [7, 11) is 0. The molecule has 2 aliphatic carbocycles. The van der Waals surface area contributed by atoms with Gasteiger partial charge < -0.3 is 16.1 Å². The van der Waals surface area contributed by atoms with Crippen LogP contribution in [0.4, 0.5) is 0 Å². The first-order valence-corrected chi connectivity index (χ1v) is 12.8. The van der Waals surface area contributed by atoms with E-state index in [0.717, 1.165) is 42.7 Å². The van der Waals surface area contributed by atoms with Gasteiger partial charge in [0.15, 0.2) is 16.0 Å². The van der Waals surface area contributed by atoms with E-state index in [4.69, 9.17) is 24.4 Å². The third-order valence-electron chi connectivity index (χ3n) is 6.21. The number of ketones is 1. The molecule has 2 rings (SSSR count). The van der Waals surface area contributed by atoms with Crippen molar-refractivity contribution in [2.75, 3.05) is 0 Å². The molecule has 9 heteroatoms. The summed E-state index contributed by atoms with van der Waals surface area (Å²) in [6.45, 7) is 5.42. The van der Waals surface area contributed by atoms with Gasteiger partial charge in [0, 0.05) is 29.1 Å². The topological polar surface area (TPSA) is 89.6 Å². The second-order valence-corrected chi connectivity index (χ2v) is 9.80. The number of carbonyl (C=O) groups excluding carboxylic acids is 1. The van der Waals surface area contributed by atoms with Crippen molar-refractivity contribution in [2.24, 2.45) is 5.10 Å². The zero-order valence-electron chi connectivity index (χ0n) is 19.8. The first-order valence-electron chi connectivity index (χ1n) is 12.0. The van der Waals surface area contributed by atoms with Gasteiger partial charge in [0.25, 0.3) is 0 Å². The van der Waals surface area contributed by atoms with Gasteiger partial charge in [-0.25, -0.2) is 0 Å². The highest BCUT2D eigenvalue weighted by molar-refractivity contribution is 7.80. The molecule has 2 fully saturated rings. The number of nitrogens with one attached hydrogen (secondary N) is 5.